The van der Waals surface area contributed by atoms with Crippen LogP contribution in [0, 0.1) is 6.92 Å². The number of anilines is 1. The Morgan fingerprint density at radius 1 is 1.22 bits per heavy atom. The number of carbonyl (C=O) groups is 3. The molecule has 2 aliphatic rings. The topological polar surface area (TPSA) is 88.9 Å². The van der Waals surface area contributed by atoms with E-state index in [0.29, 0.717) is 41.2 Å². The van der Waals surface area contributed by atoms with Gasteiger partial charge in [0.1, 0.15) is 11.5 Å². The molecule has 2 amide bonds. The number of amides is 2. The fourth-order valence-corrected chi connectivity index (χ4v) is 3.70. The molecule has 7 heteroatoms. The number of hydrogen-bond donors (Lipinski definition) is 1. The van der Waals surface area contributed by atoms with Gasteiger partial charge in [0.15, 0.2) is 17.6 Å². The number of fused-ring (bicyclic) bond motifs is 2. The monoisotopic (exact) mass is 368 g/mol. The molecule has 4 rings (SSSR count). The maximum absolute atomic E-state index is 13.3. The SMILES string of the molecule is CNC(=O)[C@H]1CN(C(=O)c2oc3c(c2C)C(=O)CCC3)c2ccccc2O1. The van der Waals surface area contributed by atoms with E-state index >= 15 is 0 Å². The number of rotatable bonds is 2. The van der Waals surface area contributed by atoms with Crippen molar-refractivity contribution in [2.75, 3.05) is 18.5 Å². The minimum Gasteiger partial charge on any atom is -0.477 e. The third-order valence-corrected chi connectivity index (χ3v) is 5.06. The lowest BCUT2D eigenvalue weighted by Gasteiger charge is -2.33. The number of carbonyl (C=O) groups excluding carboxylic acids is 3. The zero-order valence-corrected chi connectivity index (χ0v) is 15.2. The van der Waals surface area contributed by atoms with Gasteiger partial charge >= 0.3 is 0 Å². The van der Waals surface area contributed by atoms with Gasteiger partial charge in [0.25, 0.3) is 11.8 Å². The van der Waals surface area contributed by atoms with Gasteiger partial charge in [-0.1, -0.05) is 12.1 Å². The molecule has 1 N–H and O–H groups in total. The van der Waals surface area contributed by atoms with Crippen LogP contribution in [0.3, 0.4) is 0 Å². The van der Waals surface area contributed by atoms with E-state index in [1.165, 1.54) is 11.9 Å². The average Bonchev–Trinajstić information content (AvgIpc) is 3.03. The molecule has 1 atom stereocenters. The number of nitrogens with zero attached hydrogens (tertiary/aromatic N) is 1. The van der Waals surface area contributed by atoms with E-state index in [4.69, 9.17) is 9.15 Å². The van der Waals surface area contributed by atoms with E-state index in [0.717, 1.165) is 6.42 Å². The number of nitrogens with one attached hydrogen (secondary N) is 1. The van der Waals surface area contributed by atoms with E-state index in [2.05, 4.69) is 5.32 Å². The summed E-state index contributed by atoms with van der Waals surface area (Å²) in [6.45, 7) is 1.80. The number of hydrogen-bond acceptors (Lipinski definition) is 5. The Morgan fingerprint density at radius 2 is 2.00 bits per heavy atom. The number of para-hydroxylation sites is 2. The molecule has 1 aliphatic heterocycles. The van der Waals surface area contributed by atoms with Gasteiger partial charge in [-0.3, -0.25) is 19.3 Å². The first-order valence-corrected chi connectivity index (χ1v) is 8.96. The molecule has 2 heterocycles. The van der Waals surface area contributed by atoms with Gasteiger partial charge in [-0.05, 0) is 25.5 Å². The van der Waals surface area contributed by atoms with Crippen molar-refractivity contribution in [3.8, 4) is 5.75 Å². The predicted octanol–water partition coefficient (Wildman–Crippen LogP) is 2.26. The summed E-state index contributed by atoms with van der Waals surface area (Å²) >= 11 is 0. The van der Waals surface area contributed by atoms with Gasteiger partial charge in [-0.2, -0.15) is 0 Å². The van der Waals surface area contributed by atoms with Crippen molar-refractivity contribution in [1.29, 1.82) is 0 Å². The van der Waals surface area contributed by atoms with Crippen LogP contribution in [-0.4, -0.2) is 37.3 Å². The second-order valence-electron chi connectivity index (χ2n) is 6.74. The zero-order valence-electron chi connectivity index (χ0n) is 15.2. The molecule has 7 nitrogen and oxygen atoms in total. The molecule has 27 heavy (non-hydrogen) atoms. The highest BCUT2D eigenvalue weighted by Gasteiger charge is 2.37. The quantitative estimate of drug-likeness (QED) is 0.878. The third-order valence-electron chi connectivity index (χ3n) is 5.06. The third kappa shape index (κ3) is 2.79. The molecule has 0 saturated carbocycles. The van der Waals surface area contributed by atoms with Crippen LogP contribution in [0.1, 0.15) is 45.1 Å². The lowest BCUT2D eigenvalue weighted by molar-refractivity contribution is -0.127. The fourth-order valence-electron chi connectivity index (χ4n) is 3.70. The molecule has 0 bridgehead atoms. The van der Waals surface area contributed by atoms with Crippen molar-refractivity contribution >= 4 is 23.3 Å². The first kappa shape index (κ1) is 17.3. The molecule has 0 saturated heterocycles. The van der Waals surface area contributed by atoms with Gasteiger partial charge in [-0.25, -0.2) is 0 Å². The number of benzene rings is 1. The molecule has 0 radical (unpaired) electrons. The minimum atomic E-state index is -0.819. The van der Waals surface area contributed by atoms with E-state index in [1.54, 1.807) is 31.2 Å². The van der Waals surface area contributed by atoms with Crippen LogP contribution in [0.15, 0.2) is 28.7 Å². The van der Waals surface area contributed by atoms with E-state index in [1.807, 2.05) is 0 Å². The number of ketones is 1. The number of aryl methyl sites for hydroxylation is 1. The van der Waals surface area contributed by atoms with Gasteiger partial charge < -0.3 is 14.5 Å². The second kappa shape index (κ2) is 6.57. The van der Waals surface area contributed by atoms with Gasteiger partial charge in [-0.15, -0.1) is 0 Å². The summed E-state index contributed by atoms with van der Waals surface area (Å²) in [4.78, 5) is 39.1. The highest BCUT2D eigenvalue weighted by molar-refractivity contribution is 6.10. The van der Waals surface area contributed by atoms with Gasteiger partial charge in [0, 0.05) is 25.5 Å². The smallest absolute Gasteiger partial charge is 0.294 e. The molecule has 2 aromatic rings. The van der Waals surface area contributed by atoms with Crippen molar-refractivity contribution in [3.05, 3.63) is 46.9 Å². The maximum Gasteiger partial charge on any atom is 0.294 e. The molecule has 0 unspecified atom stereocenters. The number of ether oxygens (including phenoxy) is 1. The number of furan rings is 1. The largest absolute Gasteiger partial charge is 0.477 e. The van der Waals surface area contributed by atoms with Crippen molar-refractivity contribution < 1.29 is 23.5 Å². The molecular weight excluding hydrogens is 348 g/mol. The molecule has 0 spiro atoms. The first-order valence-electron chi connectivity index (χ1n) is 8.96. The van der Waals surface area contributed by atoms with Crippen molar-refractivity contribution in [1.82, 2.24) is 5.32 Å². The highest BCUT2D eigenvalue weighted by atomic mass is 16.5. The van der Waals surface area contributed by atoms with Crippen LogP contribution < -0.4 is 15.0 Å². The highest BCUT2D eigenvalue weighted by Crippen LogP contribution is 2.36. The van der Waals surface area contributed by atoms with Gasteiger partial charge in [0.05, 0.1) is 17.8 Å². The Bertz CT molecular complexity index is 946. The zero-order chi connectivity index (χ0) is 19.1. The molecule has 1 aromatic carbocycles. The van der Waals surface area contributed by atoms with Crippen molar-refractivity contribution in [2.45, 2.75) is 32.3 Å². The first-order chi connectivity index (χ1) is 13.0. The summed E-state index contributed by atoms with van der Waals surface area (Å²) in [5.41, 5.74) is 1.68. The van der Waals surface area contributed by atoms with Crippen LogP contribution in [-0.2, 0) is 11.2 Å². The Kier molecular flexibility index (Phi) is 4.22. The number of likely N-dealkylation sites (N-methyl/N-ethyl adjacent to an activating group) is 1. The standard InChI is InChI=1S/C20H20N2O5/c1-11-17-13(23)7-5-9-15(17)27-18(11)20(25)22-10-16(19(24)21-2)26-14-8-4-3-6-12(14)22/h3-4,6,8,16H,5,7,9-10H2,1-2H3,(H,21,24)/t16-/m1/s1. The van der Waals surface area contributed by atoms with Crippen molar-refractivity contribution in [3.63, 3.8) is 0 Å². The van der Waals surface area contributed by atoms with Crippen molar-refractivity contribution in [2.24, 2.45) is 0 Å². The summed E-state index contributed by atoms with van der Waals surface area (Å²) in [5, 5.41) is 2.55. The molecule has 1 aromatic heterocycles. The molecule has 140 valence electrons. The molecular formula is C20H20N2O5. The lowest BCUT2D eigenvalue weighted by Crippen LogP contribution is -2.50. The Balaban J connectivity index is 1.75. The van der Waals surface area contributed by atoms with E-state index < -0.39 is 6.10 Å². The van der Waals surface area contributed by atoms with Crippen LogP contribution in [0.25, 0.3) is 0 Å². The van der Waals surface area contributed by atoms with Crippen LogP contribution in [0.5, 0.6) is 5.75 Å². The van der Waals surface area contributed by atoms with Gasteiger partial charge in [0.2, 0.25) is 0 Å². The molecule has 1 aliphatic carbocycles. The summed E-state index contributed by atoms with van der Waals surface area (Å²) in [6.07, 6.45) is 1.03. The Labute approximate surface area is 156 Å². The summed E-state index contributed by atoms with van der Waals surface area (Å²) < 4.78 is 11.5. The summed E-state index contributed by atoms with van der Waals surface area (Å²) in [5.74, 6) is 0.518. The Morgan fingerprint density at radius 3 is 2.74 bits per heavy atom. The van der Waals surface area contributed by atoms with Crippen LogP contribution in [0.2, 0.25) is 0 Å². The predicted molar refractivity (Wildman–Crippen MR) is 97.3 cm³/mol. The Hall–Kier alpha value is -3.09. The average molecular weight is 368 g/mol. The second-order valence-corrected chi connectivity index (χ2v) is 6.74. The molecule has 0 fully saturated rings. The van der Waals surface area contributed by atoms with Crippen LogP contribution >= 0.6 is 0 Å². The number of Topliss-reactive ketones (excluding diaryl/α,β-unsaturated/α-hetero) is 1. The lowest BCUT2D eigenvalue weighted by atomic mass is 9.94. The van der Waals surface area contributed by atoms with E-state index in [9.17, 15) is 14.4 Å². The summed E-state index contributed by atoms with van der Waals surface area (Å²) in [7, 11) is 1.52. The van der Waals surface area contributed by atoms with E-state index in [-0.39, 0.29) is 29.9 Å². The minimum absolute atomic E-state index is 0.0159. The van der Waals surface area contributed by atoms with Crippen LogP contribution in [0.4, 0.5) is 5.69 Å². The summed E-state index contributed by atoms with van der Waals surface area (Å²) in [6, 6.07) is 7.06. The maximum atomic E-state index is 13.3. The normalized spacial score (nSPS) is 18.4. The fraction of sp³-hybridized carbons (Fsp3) is 0.350.